The number of fused-ring (bicyclic) bond motifs is 1. The minimum absolute atomic E-state index is 0.0604. The van der Waals surface area contributed by atoms with Gasteiger partial charge in [-0.1, -0.05) is 36.4 Å². The van der Waals surface area contributed by atoms with Gasteiger partial charge in [0.2, 0.25) is 0 Å². The Morgan fingerprint density at radius 2 is 2.00 bits per heavy atom. The molecule has 0 saturated carbocycles. The average molecular weight is 366 g/mol. The van der Waals surface area contributed by atoms with Crippen LogP contribution >= 0.6 is 11.3 Å². The molecule has 26 heavy (non-hydrogen) atoms. The van der Waals surface area contributed by atoms with Gasteiger partial charge in [0.25, 0.3) is 5.91 Å². The van der Waals surface area contributed by atoms with E-state index in [1.54, 1.807) is 12.1 Å². The number of aromatic nitrogens is 1. The van der Waals surface area contributed by atoms with E-state index < -0.39 is 0 Å². The topological polar surface area (TPSA) is 42.0 Å². The fourth-order valence-corrected chi connectivity index (χ4v) is 4.37. The lowest BCUT2D eigenvalue weighted by molar-refractivity contribution is 0.0953. The van der Waals surface area contributed by atoms with Crippen LogP contribution in [-0.4, -0.2) is 17.4 Å². The Morgan fingerprint density at radius 1 is 1.23 bits per heavy atom. The van der Waals surface area contributed by atoms with Gasteiger partial charge in [-0.3, -0.25) is 4.79 Å². The molecule has 5 heteroatoms. The largest absolute Gasteiger partial charge is 0.351 e. The first-order chi connectivity index (χ1) is 12.6. The highest BCUT2D eigenvalue weighted by atomic mass is 32.1. The number of rotatable bonds is 5. The van der Waals surface area contributed by atoms with Crippen LogP contribution in [0.4, 0.5) is 4.39 Å². The van der Waals surface area contributed by atoms with Gasteiger partial charge in [-0.25, -0.2) is 9.37 Å². The molecular formula is C21H19FN2OS. The van der Waals surface area contributed by atoms with Gasteiger partial charge in [0.1, 0.15) is 10.7 Å². The van der Waals surface area contributed by atoms with Gasteiger partial charge in [0.15, 0.2) is 0 Å². The number of carbonyl (C=O) groups is 1. The second-order valence-corrected chi connectivity index (χ2v) is 7.72. The molecule has 3 nitrogen and oxygen atoms in total. The van der Waals surface area contributed by atoms with Crippen molar-refractivity contribution >= 4 is 17.2 Å². The van der Waals surface area contributed by atoms with Gasteiger partial charge in [0.05, 0.1) is 10.7 Å². The lowest BCUT2D eigenvalue weighted by atomic mass is 9.77. The zero-order chi connectivity index (χ0) is 18.1. The highest BCUT2D eigenvalue weighted by Crippen LogP contribution is 2.34. The first kappa shape index (κ1) is 16.9. The monoisotopic (exact) mass is 366 g/mol. The number of benzene rings is 2. The van der Waals surface area contributed by atoms with Crippen molar-refractivity contribution in [2.24, 2.45) is 0 Å². The molecule has 132 valence electrons. The van der Waals surface area contributed by atoms with Gasteiger partial charge < -0.3 is 5.32 Å². The summed E-state index contributed by atoms with van der Waals surface area (Å²) in [6.07, 6.45) is 1.63. The molecule has 1 aliphatic carbocycles. The number of carbonyl (C=O) groups excluding carboxylic acids is 1. The van der Waals surface area contributed by atoms with Crippen molar-refractivity contribution in [3.05, 3.63) is 86.6 Å². The van der Waals surface area contributed by atoms with E-state index in [1.807, 2.05) is 13.0 Å². The summed E-state index contributed by atoms with van der Waals surface area (Å²) in [7, 11) is 0. The third kappa shape index (κ3) is 3.40. The average Bonchev–Trinajstić information content (AvgIpc) is 2.98. The van der Waals surface area contributed by atoms with E-state index in [0.717, 1.165) is 22.7 Å². The van der Waals surface area contributed by atoms with Crippen LogP contribution in [0.5, 0.6) is 0 Å². The smallest absolute Gasteiger partial charge is 0.263 e. The lowest BCUT2D eigenvalue weighted by Gasteiger charge is -2.30. The van der Waals surface area contributed by atoms with Crippen molar-refractivity contribution in [2.75, 3.05) is 6.54 Å². The van der Waals surface area contributed by atoms with Gasteiger partial charge >= 0.3 is 0 Å². The fourth-order valence-electron chi connectivity index (χ4n) is 3.36. The zero-order valence-corrected chi connectivity index (χ0v) is 15.3. The van der Waals surface area contributed by atoms with Crippen LogP contribution in [-0.2, 0) is 12.8 Å². The van der Waals surface area contributed by atoms with Crippen molar-refractivity contribution in [3.63, 3.8) is 0 Å². The van der Waals surface area contributed by atoms with Crippen LogP contribution in [0.2, 0.25) is 0 Å². The summed E-state index contributed by atoms with van der Waals surface area (Å²) in [5, 5.41) is 3.92. The van der Waals surface area contributed by atoms with Crippen molar-refractivity contribution in [1.82, 2.24) is 10.3 Å². The van der Waals surface area contributed by atoms with Gasteiger partial charge in [-0.2, -0.15) is 0 Å². The molecule has 0 bridgehead atoms. The molecule has 4 rings (SSSR count). The van der Waals surface area contributed by atoms with E-state index in [0.29, 0.717) is 23.8 Å². The molecule has 0 saturated heterocycles. The number of hydrogen-bond donors (Lipinski definition) is 1. The summed E-state index contributed by atoms with van der Waals surface area (Å²) in [6, 6.07) is 14.8. The van der Waals surface area contributed by atoms with Crippen LogP contribution in [0.15, 0.2) is 48.5 Å². The molecule has 1 N–H and O–H groups in total. The Hall–Kier alpha value is -2.53. The molecule has 1 aliphatic rings. The standard InChI is InChI=1S/C21H19FN2OS/c1-13-20(26-19(24-13)10-14-6-8-17(22)9-7-14)21(25)23-12-16-11-15-4-2-3-5-18(15)16/h2-9,16H,10-12H2,1H3,(H,23,25)/t16-/m1/s1. The number of nitrogens with one attached hydrogen (secondary N) is 1. The predicted molar refractivity (Wildman–Crippen MR) is 101 cm³/mol. The van der Waals surface area contributed by atoms with Crippen molar-refractivity contribution in [1.29, 1.82) is 0 Å². The number of thiazole rings is 1. The summed E-state index contributed by atoms with van der Waals surface area (Å²) in [6.45, 7) is 2.51. The van der Waals surface area contributed by atoms with Crippen LogP contribution in [0.25, 0.3) is 0 Å². The Balaban J connectivity index is 1.39. The summed E-state index contributed by atoms with van der Waals surface area (Å²) in [5.74, 6) is 0.0958. The molecule has 0 radical (unpaired) electrons. The van der Waals surface area contributed by atoms with Crippen molar-refractivity contribution in [2.45, 2.75) is 25.7 Å². The van der Waals surface area contributed by atoms with E-state index in [9.17, 15) is 9.18 Å². The normalized spacial score (nSPS) is 15.2. The second-order valence-electron chi connectivity index (χ2n) is 6.64. The first-order valence-corrected chi connectivity index (χ1v) is 9.48. The third-order valence-electron chi connectivity index (χ3n) is 4.79. The summed E-state index contributed by atoms with van der Waals surface area (Å²) >= 11 is 1.41. The highest BCUT2D eigenvalue weighted by molar-refractivity contribution is 7.13. The summed E-state index contributed by atoms with van der Waals surface area (Å²) < 4.78 is 13.0. The molecule has 1 amide bonds. The SMILES string of the molecule is Cc1nc(Cc2ccc(F)cc2)sc1C(=O)NC[C@H]1Cc2ccccc21. The molecule has 0 unspecified atom stereocenters. The van der Waals surface area contributed by atoms with Crippen LogP contribution in [0, 0.1) is 12.7 Å². The van der Waals surface area contributed by atoms with Gasteiger partial charge in [0, 0.05) is 18.9 Å². The number of halogens is 1. The number of nitrogens with zero attached hydrogens (tertiary/aromatic N) is 1. The van der Waals surface area contributed by atoms with E-state index in [-0.39, 0.29) is 11.7 Å². The Bertz CT molecular complexity index is 949. The molecule has 2 aromatic carbocycles. The molecule has 1 heterocycles. The van der Waals surface area contributed by atoms with E-state index in [2.05, 4.69) is 28.5 Å². The first-order valence-electron chi connectivity index (χ1n) is 8.67. The summed E-state index contributed by atoms with van der Waals surface area (Å²) in [4.78, 5) is 17.7. The molecule has 0 fully saturated rings. The Labute approximate surface area is 155 Å². The molecule has 0 spiro atoms. The molecule has 3 aromatic rings. The van der Waals surface area contributed by atoms with Crippen LogP contribution in [0.1, 0.15) is 43.0 Å². The van der Waals surface area contributed by atoms with Crippen molar-refractivity contribution in [3.8, 4) is 0 Å². The minimum Gasteiger partial charge on any atom is -0.351 e. The van der Waals surface area contributed by atoms with Crippen LogP contribution in [0.3, 0.4) is 0 Å². The molecule has 1 atom stereocenters. The molecule has 0 aliphatic heterocycles. The maximum absolute atomic E-state index is 13.0. The Kier molecular flexibility index (Phi) is 4.55. The number of hydrogen-bond acceptors (Lipinski definition) is 3. The van der Waals surface area contributed by atoms with Crippen molar-refractivity contribution < 1.29 is 9.18 Å². The predicted octanol–water partition coefficient (Wildman–Crippen LogP) is 4.25. The lowest BCUT2D eigenvalue weighted by Crippen LogP contribution is -2.33. The fraction of sp³-hybridized carbons (Fsp3) is 0.238. The quantitative estimate of drug-likeness (QED) is 0.733. The minimum atomic E-state index is -0.248. The zero-order valence-electron chi connectivity index (χ0n) is 14.5. The van der Waals surface area contributed by atoms with Crippen LogP contribution < -0.4 is 5.32 Å². The van der Waals surface area contributed by atoms with E-state index >= 15 is 0 Å². The highest BCUT2D eigenvalue weighted by Gasteiger charge is 2.26. The maximum Gasteiger partial charge on any atom is 0.263 e. The molecule has 1 aromatic heterocycles. The van der Waals surface area contributed by atoms with E-state index in [4.69, 9.17) is 0 Å². The number of aryl methyl sites for hydroxylation is 1. The summed E-state index contributed by atoms with van der Waals surface area (Å²) in [5.41, 5.74) is 4.45. The molecular weight excluding hydrogens is 347 g/mol. The third-order valence-corrected chi connectivity index (χ3v) is 5.94. The second kappa shape index (κ2) is 7.00. The Morgan fingerprint density at radius 3 is 2.77 bits per heavy atom. The maximum atomic E-state index is 13.0. The van der Waals surface area contributed by atoms with E-state index in [1.165, 1.54) is 34.6 Å². The number of amides is 1. The van der Waals surface area contributed by atoms with Gasteiger partial charge in [-0.15, -0.1) is 11.3 Å². The van der Waals surface area contributed by atoms with Gasteiger partial charge in [-0.05, 0) is 42.2 Å².